The molecule has 4 rings (SSSR count). The van der Waals surface area contributed by atoms with Gasteiger partial charge in [0.05, 0.1) is 38.0 Å². The summed E-state index contributed by atoms with van der Waals surface area (Å²) in [6, 6.07) is -2.54. The van der Waals surface area contributed by atoms with Crippen molar-refractivity contribution in [1.82, 2.24) is 62.1 Å². The van der Waals surface area contributed by atoms with Gasteiger partial charge in [-0.15, -0.1) is 0 Å². The minimum Gasteiger partial charge on any atom is -0.480 e. The summed E-state index contributed by atoms with van der Waals surface area (Å²) in [7, 11) is 0. The first kappa shape index (κ1) is 54.1. The normalized spacial score (nSPS) is 16.9. The first-order valence-electron chi connectivity index (χ1n) is 21.3. The molecular weight excluding hydrogens is 931 g/mol. The third-order valence-electron chi connectivity index (χ3n) is 10.6. The molecule has 1 fully saturated rings. The minimum absolute atomic E-state index is 0.0362. The number of carboxylic acids is 1. The molecule has 1 aliphatic rings. The van der Waals surface area contributed by atoms with E-state index in [0.29, 0.717) is 23.4 Å². The van der Waals surface area contributed by atoms with Gasteiger partial charge in [0.25, 0.3) is 0 Å². The van der Waals surface area contributed by atoms with Gasteiger partial charge < -0.3 is 73.1 Å². The molecule has 3 heterocycles. The van der Waals surface area contributed by atoms with Gasteiger partial charge in [-0.05, 0) is 25.3 Å². The molecule has 8 amide bonds. The van der Waals surface area contributed by atoms with Crippen LogP contribution in [-0.4, -0.2) is 179 Å². The Morgan fingerprint density at radius 1 is 0.735 bits per heavy atom. The summed E-state index contributed by atoms with van der Waals surface area (Å²) in [4.78, 5) is 134. The Hall–Kier alpha value is -6.55. The number of amides is 8. The van der Waals surface area contributed by atoms with E-state index in [1.54, 1.807) is 30.3 Å². The molecule has 0 bridgehead atoms. The summed E-state index contributed by atoms with van der Waals surface area (Å²) in [5, 5.41) is 47.2. The molecule has 9 atom stereocenters. The number of carbonyl (C=O) groups is 9. The number of aromatic amines is 2. The van der Waals surface area contributed by atoms with Gasteiger partial charge in [-0.25, -0.2) is 14.8 Å². The van der Waals surface area contributed by atoms with E-state index in [2.05, 4.69) is 82.4 Å². The molecular formula is C41H57N13O12S2. The molecule has 1 aliphatic heterocycles. The standard InChI is InChI=1S/C41H57N13O12S2/c1-21(56)33(53-34(58)25(42)17-67)40(64)45-15-32(57)54-9-5-8-31(54)39(63)50-28(12-24-14-44-20-47-24)36(60)51-29(16-55)38(62)48-26(10-22-6-3-2-4-7-22)35(59)49-27(11-23-13-43-19-46-23)37(61)52-30(18-68)41(65)66/h2-4,6-7,13-14,19-21,25-31,33,55-56,67-68H,5,8-12,15-18,42H2,1H3,(H,43,46)(H,44,47)(H,45,64)(H,48,62)(H,49,59)(H,50,63)(H,51,60)(H,52,61)(H,53,58)(H,65,66)/t21-,25+,26+,27+,28+,29+,30+,31+,33+/m1/s1. The third kappa shape index (κ3) is 16.1. The van der Waals surface area contributed by atoms with Crippen LogP contribution in [0.15, 0.2) is 55.4 Å². The Kier molecular flexibility index (Phi) is 21.2. The van der Waals surface area contributed by atoms with Crippen molar-refractivity contribution in [3.63, 3.8) is 0 Å². The van der Waals surface area contributed by atoms with Crippen molar-refractivity contribution < 1.29 is 58.5 Å². The molecule has 0 spiro atoms. The number of aromatic nitrogens is 4. The van der Waals surface area contributed by atoms with Gasteiger partial charge in [0.1, 0.15) is 42.3 Å². The number of carbonyl (C=O) groups excluding carboxylic acids is 8. The number of nitrogens with two attached hydrogens (primary N) is 1. The van der Waals surface area contributed by atoms with Crippen molar-refractivity contribution in [1.29, 1.82) is 0 Å². The molecule has 25 nitrogen and oxygen atoms in total. The van der Waals surface area contributed by atoms with Gasteiger partial charge in [-0.3, -0.25) is 38.4 Å². The van der Waals surface area contributed by atoms with Crippen LogP contribution in [0.4, 0.5) is 0 Å². The number of likely N-dealkylation sites (tertiary alicyclic amines) is 1. The molecule has 0 aliphatic carbocycles. The van der Waals surface area contributed by atoms with E-state index in [0.717, 1.165) is 0 Å². The second-order valence-corrected chi connectivity index (χ2v) is 16.5. The number of nitrogens with one attached hydrogen (secondary N) is 9. The van der Waals surface area contributed by atoms with E-state index in [1.807, 2.05) is 0 Å². The summed E-state index contributed by atoms with van der Waals surface area (Å²) in [5.74, 6) is -8.50. The smallest absolute Gasteiger partial charge is 0.327 e. The predicted octanol–water partition coefficient (Wildman–Crippen LogP) is -5.18. The summed E-state index contributed by atoms with van der Waals surface area (Å²) in [5.41, 5.74) is 7.01. The fourth-order valence-corrected chi connectivity index (χ4v) is 7.32. The second kappa shape index (κ2) is 26.7. The average molecular weight is 988 g/mol. The zero-order valence-corrected chi connectivity index (χ0v) is 38.6. The Balaban J connectivity index is 1.48. The van der Waals surface area contributed by atoms with Crippen LogP contribution in [0.5, 0.6) is 0 Å². The maximum Gasteiger partial charge on any atom is 0.327 e. The van der Waals surface area contributed by atoms with Crippen LogP contribution >= 0.6 is 25.3 Å². The van der Waals surface area contributed by atoms with Crippen LogP contribution < -0.4 is 43.0 Å². The first-order chi connectivity index (χ1) is 32.4. The first-order valence-corrected chi connectivity index (χ1v) is 22.6. The molecule has 370 valence electrons. The van der Waals surface area contributed by atoms with Crippen LogP contribution in [0.3, 0.4) is 0 Å². The lowest BCUT2D eigenvalue weighted by Gasteiger charge is -2.28. The van der Waals surface area contributed by atoms with E-state index in [1.165, 1.54) is 36.9 Å². The lowest BCUT2D eigenvalue weighted by molar-refractivity contribution is -0.141. The number of benzene rings is 1. The summed E-state index contributed by atoms with van der Waals surface area (Å²) in [6.45, 7) is -0.237. The number of H-pyrrole nitrogens is 2. The Labute approximate surface area is 400 Å². The second-order valence-electron chi connectivity index (χ2n) is 15.7. The number of carboxylic acid groups (broad SMARTS) is 1. The van der Waals surface area contributed by atoms with Gasteiger partial charge in [0.2, 0.25) is 47.3 Å². The van der Waals surface area contributed by atoms with E-state index in [-0.39, 0.29) is 43.7 Å². The average Bonchev–Trinajstić information content (AvgIpc) is 4.14. The molecule has 68 heavy (non-hydrogen) atoms. The zero-order valence-electron chi connectivity index (χ0n) is 36.8. The van der Waals surface area contributed by atoms with E-state index < -0.39 is 121 Å². The Bertz CT molecular complexity index is 2190. The van der Waals surface area contributed by atoms with Crippen LogP contribution in [0.25, 0.3) is 0 Å². The lowest BCUT2D eigenvalue weighted by Crippen LogP contribution is -2.61. The molecule has 1 aromatic carbocycles. The summed E-state index contributed by atoms with van der Waals surface area (Å²) >= 11 is 7.93. The fraction of sp³-hybridized carbons (Fsp3) is 0.488. The largest absolute Gasteiger partial charge is 0.480 e. The molecule has 0 saturated carbocycles. The predicted molar refractivity (Wildman–Crippen MR) is 246 cm³/mol. The molecule has 1 saturated heterocycles. The number of aliphatic hydroxyl groups excluding tert-OH is 2. The summed E-state index contributed by atoms with van der Waals surface area (Å²) in [6.07, 6.45) is 4.13. The van der Waals surface area contributed by atoms with Crippen LogP contribution in [-0.2, 0) is 62.4 Å². The van der Waals surface area contributed by atoms with Crippen molar-refractivity contribution in [2.75, 3.05) is 31.2 Å². The highest BCUT2D eigenvalue weighted by Crippen LogP contribution is 2.18. The number of imidazole rings is 2. The Morgan fingerprint density at radius 2 is 1.26 bits per heavy atom. The SMILES string of the molecule is C[C@@H](O)[C@H](NC(=O)[C@@H](N)CS)C(=O)NCC(=O)N1CCC[C@H]1C(=O)N[C@@H](Cc1cnc[nH]1)C(=O)N[C@@H](CO)C(=O)N[C@@H](Cc1ccccc1)C(=O)N[C@@H](Cc1cnc[nH]1)C(=O)N[C@@H](CS)C(=O)O. The monoisotopic (exact) mass is 987 g/mol. The van der Waals surface area contributed by atoms with Crippen molar-refractivity contribution >= 4 is 78.5 Å². The number of hydrogen-bond donors (Lipinski definition) is 15. The highest BCUT2D eigenvalue weighted by Gasteiger charge is 2.38. The maximum atomic E-state index is 14.0. The van der Waals surface area contributed by atoms with E-state index in [9.17, 15) is 58.5 Å². The van der Waals surface area contributed by atoms with Gasteiger partial charge in [0.15, 0.2) is 0 Å². The molecule has 0 unspecified atom stereocenters. The topological polar surface area (TPSA) is 385 Å². The number of hydrogen-bond acceptors (Lipinski definition) is 16. The van der Waals surface area contributed by atoms with E-state index in [4.69, 9.17) is 5.73 Å². The zero-order chi connectivity index (χ0) is 49.9. The molecule has 27 heteroatoms. The van der Waals surface area contributed by atoms with Crippen molar-refractivity contribution in [3.05, 3.63) is 72.3 Å². The number of rotatable bonds is 26. The van der Waals surface area contributed by atoms with E-state index >= 15 is 0 Å². The van der Waals surface area contributed by atoms with Gasteiger partial charge in [-0.1, -0.05) is 30.3 Å². The van der Waals surface area contributed by atoms with Gasteiger partial charge >= 0.3 is 5.97 Å². The van der Waals surface area contributed by atoms with Crippen molar-refractivity contribution in [2.24, 2.45) is 5.73 Å². The van der Waals surface area contributed by atoms with Gasteiger partial charge in [0, 0.05) is 61.1 Å². The van der Waals surface area contributed by atoms with Gasteiger partial charge in [-0.2, -0.15) is 25.3 Å². The van der Waals surface area contributed by atoms with Crippen LogP contribution in [0, 0.1) is 0 Å². The third-order valence-corrected chi connectivity index (χ3v) is 11.4. The minimum atomic E-state index is -1.71. The summed E-state index contributed by atoms with van der Waals surface area (Å²) < 4.78 is 0. The number of nitrogens with zero attached hydrogens (tertiary/aromatic N) is 3. The highest BCUT2D eigenvalue weighted by atomic mass is 32.1. The molecule has 3 aromatic rings. The number of aliphatic carboxylic acids is 1. The number of thiol groups is 2. The van der Waals surface area contributed by atoms with Crippen LogP contribution in [0.1, 0.15) is 36.7 Å². The lowest BCUT2D eigenvalue weighted by atomic mass is 10.0. The highest BCUT2D eigenvalue weighted by molar-refractivity contribution is 7.80. The molecule has 0 radical (unpaired) electrons. The Morgan fingerprint density at radius 3 is 1.76 bits per heavy atom. The van der Waals surface area contributed by atoms with Crippen LogP contribution in [0.2, 0.25) is 0 Å². The fourth-order valence-electron chi connectivity index (χ4n) is 6.91. The van der Waals surface area contributed by atoms with Crippen molar-refractivity contribution in [2.45, 2.75) is 93.5 Å². The molecule has 14 N–H and O–H groups in total. The maximum absolute atomic E-state index is 14.0. The molecule has 2 aromatic heterocycles. The van der Waals surface area contributed by atoms with Crippen molar-refractivity contribution in [3.8, 4) is 0 Å². The number of aliphatic hydroxyl groups is 2. The quantitative estimate of drug-likeness (QED) is 0.0335.